The van der Waals surface area contributed by atoms with Crippen LogP contribution in [0.1, 0.15) is 19.4 Å². The van der Waals surface area contributed by atoms with Crippen LogP contribution in [0.15, 0.2) is 18.2 Å². The molecule has 1 rings (SSSR count). The van der Waals surface area contributed by atoms with Crippen LogP contribution in [0, 0.1) is 17.1 Å². The summed E-state index contributed by atoms with van der Waals surface area (Å²) in [6.45, 7) is 8.00. The summed E-state index contributed by atoms with van der Waals surface area (Å²) in [5.74, 6) is -0.471. The van der Waals surface area contributed by atoms with Crippen LogP contribution in [0.3, 0.4) is 0 Å². The Morgan fingerprint density at radius 2 is 2.06 bits per heavy atom. The Labute approximate surface area is 102 Å². The van der Waals surface area contributed by atoms with Crippen LogP contribution in [-0.2, 0) is 0 Å². The predicted octanol–water partition coefficient (Wildman–Crippen LogP) is 2.45. The van der Waals surface area contributed by atoms with Gasteiger partial charge in [0.25, 0.3) is 0 Å². The average molecular weight is 235 g/mol. The lowest BCUT2D eigenvalue weighted by atomic mass is 10.2. The van der Waals surface area contributed by atoms with E-state index in [0.29, 0.717) is 0 Å². The van der Waals surface area contributed by atoms with Gasteiger partial charge in [0, 0.05) is 18.8 Å². The molecule has 0 aliphatic rings. The maximum absolute atomic E-state index is 13.1. The minimum Gasteiger partial charge on any atom is -0.384 e. The normalized spacial score (nSPS) is 10.3. The van der Waals surface area contributed by atoms with Gasteiger partial charge in [-0.15, -0.1) is 0 Å². The van der Waals surface area contributed by atoms with Gasteiger partial charge in [0.2, 0.25) is 0 Å². The van der Waals surface area contributed by atoms with Gasteiger partial charge in [-0.05, 0) is 31.3 Å². The minimum absolute atomic E-state index is 0.0813. The number of rotatable bonds is 6. The predicted molar refractivity (Wildman–Crippen MR) is 67.4 cm³/mol. The standard InChI is InChI=1S/C13H18FN3/c1-3-17(4-2)8-7-16-12-5-6-13(14)11(9-12)10-15/h5-6,9,16H,3-4,7-8H2,1-2H3. The summed E-state index contributed by atoms with van der Waals surface area (Å²) in [4.78, 5) is 2.29. The molecule has 0 atom stereocenters. The van der Waals surface area contributed by atoms with Crippen molar-refractivity contribution in [3.05, 3.63) is 29.6 Å². The maximum Gasteiger partial charge on any atom is 0.141 e. The first-order chi connectivity index (χ1) is 8.21. The van der Waals surface area contributed by atoms with Crippen molar-refractivity contribution in [2.24, 2.45) is 0 Å². The first-order valence-corrected chi connectivity index (χ1v) is 5.87. The summed E-state index contributed by atoms with van der Waals surface area (Å²) < 4.78 is 13.1. The molecule has 3 nitrogen and oxygen atoms in total. The molecule has 0 saturated carbocycles. The topological polar surface area (TPSA) is 39.1 Å². The van der Waals surface area contributed by atoms with E-state index in [1.54, 1.807) is 6.07 Å². The van der Waals surface area contributed by atoms with Gasteiger partial charge in [-0.3, -0.25) is 0 Å². The van der Waals surface area contributed by atoms with Crippen LogP contribution in [0.5, 0.6) is 0 Å². The van der Waals surface area contributed by atoms with E-state index in [9.17, 15) is 4.39 Å². The third-order valence-electron chi connectivity index (χ3n) is 2.74. The number of nitrogens with zero attached hydrogens (tertiary/aromatic N) is 2. The monoisotopic (exact) mass is 235 g/mol. The Kier molecular flexibility index (Phi) is 5.44. The Bertz CT molecular complexity index is 394. The molecule has 0 amide bonds. The lowest BCUT2D eigenvalue weighted by molar-refractivity contribution is 0.316. The number of halogens is 1. The smallest absolute Gasteiger partial charge is 0.141 e. The SMILES string of the molecule is CCN(CC)CCNc1ccc(F)c(C#N)c1. The van der Waals surface area contributed by atoms with Gasteiger partial charge in [0.15, 0.2) is 0 Å². The van der Waals surface area contributed by atoms with Gasteiger partial charge in [0.1, 0.15) is 11.9 Å². The van der Waals surface area contributed by atoms with E-state index in [1.165, 1.54) is 12.1 Å². The van der Waals surface area contributed by atoms with Crippen LogP contribution in [0.4, 0.5) is 10.1 Å². The van der Waals surface area contributed by atoms with E-state index in [1.807, 2.05) is 6.07 Å². The van der Waals surface area contributed by atoms with Gasteiger partial charge in [0.05, 0.1) is 5.56 Å². The van der Waals surface area contributed by atoms with Crippen molar-refractivity contribution in [3.63, 3.8) is 0 Å². The van der Waals surface area contributed by atoms with Crippen molar-refractivity contribution in [1.82, 2.24) is 4.90 Å². The van der Waals surface area contributed by atoms with Gasteiger partial charge in [-0.25, -0.2) is 4.39 Å². The Morgan fingerprint density at radius 1 is 1.35 bits per heavy atom. The van der Waals surface area contributed by atoms with E-state index < -0.39 is 5.82 Å². The van der Waals surface area contributed by atoms with Crippen LogP contribution in [0.25, 0.3) is 0 Å². The molecule has 0 aromatic heterocycles. The molecular formula is C13H18FN3. The molecule has 0 saturated heterocycles. The Balaban J connectivity index is 2.50. The highest BCUT2D eigenvalue weighted by atomic mass is 19.1. The van der Waals surface area contributed by atoms with E-state index in [2.05, 4.69) is 24.1 Å². The van der Waals surface area contributed by atoms with Crippen LogP contribution in [-0.4, -0.2) is 31.1 Å². The van der Waals surface area contributed by atoms with E-state index in [0.717, 1.165) is 31.9 Å². The Hall–Kier alpha value is -1.60. The number of hydrogen-bond donors (Lipinski definition) is 1. The molecule has 1 aromatic carbocycles. The summed E-state index contributed by atoms with van der Waals surface area (Å²) >= 11 is 0. The van der Waals surface area contributed by atoms with Gasteiger partial charge >= 0.3 is 0 Å². The zero-order chi connectivity index (χ0) is 12.7. The fourth-order valence-corrected chi connectivity index (χ4v) is 1.62. The molecule has 92 valence electrons. The molecule has 0 heterocycles. The lowest BCUT2D eigenvalue weighted by Crippen LogP contribution is -2.28. The molecule has 4 heteroatoms. The summed E-state index contributed by atoms with van der Waals surface area (Å²) in [5.41, 5.74) is 0.868. The number of hydrogen-bond acceptors (Lipinski definition) is 3. The first kappa shape index (κ1) is 13.5. The highest BCUT2D eigenvalue weighted by molar-refractivity contribution is 5.49. The highest BCUT2D eigenvalue weighted by Gasteiger charge is 2.03. The second-order valence-electron chi connectivity index (χ2n) is 3.76. The average Bonchev–Trinajstić information content (AvgIpc) is 2.36. The van der Waals surface area contributed by atoms with Crippen molar-refractivity contribution in [2.75, 3.05) is 31.5 Å². The number of nitriles is 1. The molecule has 0 fully saturated rings. The molecule has 0 unspecified atom stereocenters. The summed E-state index contributed by atoms with van der Waals surface area (Å²) in [7, 11) is 0. The summed E-state index contributed by atoms with van der Waals surface area (Å²) in [6.07, 6.45) is 0. The molecule has 0 aliphatic carbocycles. The highest BCUT2D eigenvalue weighted by Crippen LogP contribution is 2.13. The third kappa shape index (κ3) is 4.04. The van der Waals surface area contributed by atoms with Crippen LogP contribution >= 0.6 is 0 Å². The molecule has 0 radical (unpaired) electrons. The number of anilines is 1. The van der Waals surface area contributed by atoms with Gasteiger partial charge in [-0.2, -0.15) is 5.26 Å². The molecule has 1 N–H and O–H groups in total. The zero-order valence-corrected chi connectivity index (χ0v) is 10.3. The molecule has 0 bridgehead atoms. The lowest BCUT2D eigenvalue weighted by Gasteiger charge is -2.18. The van der Waals surface area contributed by atoms with Gasteiger partial charge in [-0.1, -0.05) is 13.8 Å². The van der Waals surface area contributed by atoms with Crippen molar-refractivity contribution in [1.29, 1.82) is 5.26 Å². The molecule has 1 aromatic rings. The van der Waals surface area contributed by atoms with Crippen LogP contribution in [0.2, 0.25) is 0 Å². The first-order valence-electron chi connectivity index (χ1n) is 5.87. The van der Waals surface area contributed by atoms with E-state index >= 15 is 0 Å². The largest absolute Gasteiger partial charge is 0.384 e. The zero-order valence-electron chi connectivity index (χ0n) is 10.3. The molecule has 0 spiro atoms. The summed E-state index contributed by atoms with van der Waals surface area (Å²) in [6, 6.07) is 6.34. The minimum atomic E-state index is -0.471. The Morgan fingerprint density at radius 3 is 2.65 bits per heavy atom. The second kappa shape index (κ2) is 6.87. The maximum atomic E-state index is 13.1. The van der Waals surface area contributed by atoms with Crippen molar-refractivity contribution >= 4 is 5.69 Å². The second-order valence-corrected chi connectivity index (χ2v) is 3.76. The number of benzene rings is 1. The number of likely N-dealkylation sites (N-methyl/N-ethyl adjacent to an activating group) is 1. The molecular weight excluding hydrogens is 217 g/mol. The summed E-state index contributed by atoms with van der Waals surface area (Å²) in [5, 5.41) is 11.9. The quantitative estimate of drug-likeness (QED) is 0.823. The van der Waals surface area contributed by atoms with Crippen LogP contribution < -0.4 is 5.32 Å². The molecule has 0 aliphatic heterocycles. The van der Waals surface area contributed by atoms with Crippen molar-refractivity contribution in [3.8, 4) is 6.07 Å². The van der Waals surface area contributed by atoms with Gasteiger partial charge < -0.3 is 10.2 Å². The fourth-order valence-electron chi connectivity index (χ4n) is 1.62. The van der Waals surface area contributed by atoms with E-state index in [-0.39, 0.29) is 5.56 Å². The third-order valence-corrected chi connectivity index (χ3v) is 2.74. The van der Waals surface area contributed by atoms with Crippen molar-refractivity contribution in [2.45, 2.75) is 13.8 Å². The van der Waals surface area contributed by atoms with E-state index in [4.69, 9.17) is 5.26 Å². The fraction of sp³-hybridized carbons (Fsp3) is 0.462. The molecule has 17 heavy (non-hydrogen) atoms. The number of nitrogens with one attached hydrogen (secondary N) is 1. The van der Waals surface area contributed by atoms with Crippen molar-refractivity contribution < 1.29 is 4.39 Å².